The number of Topliss-reactive ketones (excluding diaryl/α,β-unsaturated/α-hetero) is 1. The van der Waals surface area contributed by atoms with E-state index in [0.717, 1.165) is 16.8 Å². The third kappa shape index (κ3) is 4.70. The quantitative estimate of drug-likeness (QED) is 0.363. The van der Waals surface area contributed by atoms with Crippen LogP contribution in [0.15, 0.2) is 91.3 Å². The zero-order valence-electron chi connectivity index (χ0n) is 17.1. The minimum atomic E-state index is -0.123. The summed E-state index contributed by atoms with van der Waals surface area (Å²) in [5, 5.41) is 6.67. The molecule has 6 heteroatoms. The summed E-state index contributed by atoms with van der Waals surface area (Å²) in [5.41, 5.74) is 10.4. The van der Waals surface area contributed by atoms with Gasteiger partial charge in [0.1, 0.15) is 12.0 Å². The fraction of sp³-hybridized carbons (Fsp3) is 0.0800. The van der Waals surface area contributed by atoms with Crippen molar-refractivity contribution < 1.29 is 4.79 Å². The van der Waals surface area contributed by atoms with Gasteiger partial charge in [-0.15, -0.1) is 0 Å². The van der Waals surface area contributed by atoms with Crippen LogP contribution in [0.25, 0.3) is 0 Å². The Morgan fingerprint density at radius 1 is 0.806 bits per heavy atom. The molecule has 4 aromatic rings. The number of benzene rings is 3. The number of anilines is 4. The third-order valence-electron chi connectivity index (χ3n) is 4.98. The highest BCUT2D eigenvalue weighted by molar-refractivity contribution is 5.94. The van der Waals surface area contributed by atoms with Gasteiger partial charge in [-0.05, 0) is 42.3 Å². The number of nitrogens with two attached hydrogens (primary N) is 1. The predicted octanol–water partition coefficient (Wildman–Crippen LogP) is 5.21. The lowest BCUT2D eigenvalue weighted by atomic mass is 9.99. The third-order valence-corrected chi connectivity index (χ3v) is 4.98. The summed E-state index contributed by atoms with van der Waals surface area (Å²) >= 11 is 0. The van der Waals surface area contributed by atoms with E-state index in [2.05, 4.69) is 44.9 Å². The first-order chi connectivity index (χ1) is 15.1. The number of nitrogens with zero attached hydrogens (tertiary/aromatic N) is 2. The predicted molar refractivity (Wildman–Crippen MR) is 125 cm³/mol. The lowest BCUT2D eigenvalue weighted by Gasteiger charge is -2.22. The Bertz CT molecular complexity index is 1120. The summed E-state index contributed by atoms with van der Waals surface area (Å²) in [7, 11) is 0. The van der Waals surface area contributed by atoms with Crippen LogP contribution in [0.5, 0.6) is 0 Å². The molecule has 3 aromatic carbocycles. The molecule has 154 valence electrons. The van der Waals surface area contributed by atoms with E-state index >= 15 is 0 Å². The van der Waals surface area contributed by atoms with Gasteiger partial charge in [0.25, 0.3) is 0 Å². The first kappa shape index (κ1) is 20.1. The van der Waals surface area contributed by atoms with Gasteiger partial charge in [-0.2, -0.15) is 0 Å². The molecule has 0 saturated carbocycles. The normalized spacial score (nSPS) is 10.6. The monoisotopic (exact) mass is 409 g/mol. The molecule has 0 fully saturated rings. The molecule has 0 aliphatic heterocycles. The molecule has 0 radical (unpaired) electrons. The van der Waals surface area contributed by atoms with Crippen LogP contribution < -0.4 is 16.4 Å². The minimum Gasteiger partial charge on any atom is -0.393 e. The van der Waals surface area contributed by atoms with Crippen LogP contribution in [0.1, 0.15) is 34.5 Å². The van der Waals surface area contributed by atoms with Gasteiger partial charge in [0, 0.05) is 11.3 Å². The van der Waals surface area contributed by atoms with Crippen LogP contribution in [-0.4, -0.2) is 15.8 Å². The van der Waals surface area contributed by atoms with Crippen molar-refractivity contribution in [2.75, 3.05) is 16.4 Å². The Morgan fingerprint density at radius 3 is 1.90 bits per heavy atom. The molecule has 0 amide bonds. The molecule has 0 spiro atoms. The van der Waals surface area contributed by atoms with Gasteiger partial charge in [0.15, 0.2) is 17.4 Å². The molecule has 0 aliphatic rings. The fourth-order valence-electron chi connectivity index (χ4n) is 3.32. The number of hydrogen-bond donors (Lipinski definition) is 3. The largest absolute Gasteiger partial charge is 0.393 e. The Labute approximate surface area is 181 Å². The Hall–Kier alpha value is -4.19. The van der Waals surface area contributed by atoms with Crippen LogP contribution in [0, 0.1) is 0 Å². The van der Waals surface area contributed by atoms with Gasteiger partial charge in [-0.3, -0.25) is 4.79 Å². The van der Waals surface area contributed by atoms with Crippen molar-refractivity contribution in [3.63, 3.8) is 0 Å². The summed E-state index contributed by atoms with van der Waals surface area (Å²) in [6.45, 7) is 1.54. The molecule has 0 bridgehead atoms. The molecular weight excluding hydrogens is 386 g/mol. The van der Waals surface area contributed by atoms with Gasteiger partial charge >= 0.3 is 0 Å². The molecule has 4 rings (SSSR count). The van der Waals surface area contributed by atoms with Crippen LogP contribution >= 0.6 is 0 Å². The van der Waals surface area contributed by atoms with Crippen LogP contribution in [-0.2, 0) is 0 Å². The number of ketones is 1. The number of hydrogen-bond acceptors (Lipinski definition) is 6. The molecule has 0 aliphatic carbocycles. The van der Waals surface area contributed by atoms with E-state index in [1.54, 1.807) is 19.1 Å². The molecule has 6 nitrogen and oxygen atoms in total. The number of nitrogen functional groups attached to an aromatic ring is 1. The van der Waals surface area contributed by atoms with Crippen molar-refractivity contribution in [3.8, 4) is 0 Å². The van der Waals surface area contributed by atoms with Crippen molar-refractivity contribution in [1.82, 2.24) is 9.97 Å². The molecule has 31 heavy (non-hydrogen) atoms. The number of rotatable bonds is 7. The zero-order valence-corrected chi connectivity index (χ0v) is 17.1. The van der Waals surface area contributed by atoms with Crippen molar-refractivity contribution in [2.24, 2.45) is 0 Å². The number of carbonyl (C=O) groups is 1. The maximum absolute atomic E-state index is 11.5. The standard InChI is InChI=1S/C25H23N5O/c1-17(31)18-12-14-21(15-13-18)29-24-22(26)25(28-16-27-24)30-23(19-8-4-2-5-9-19)20-10-6-3-7-11-20/h2-16,23H,26H2,1H3,(H2,27,28,29,30). The van der Waals surface area contributed by atoms with E-state index in [1.165, 1.54) is 6.33 Å². The first-order valence-electron chi connectivity index (χ1n) is 9.97. The average molecular weight is 409 g/mol. The van der Waals surface area contributed by atoms with Crippen LogP contribution in [0.3, 0.4) is 0 Å². The van der Waals surface area contributed by atoms with Gasteiger partial charge < -0.3 is 16.4 Å². The molecule has 0 unspecified atom stereocenters. The highest BCUT2D eigenvalue weighted by Gasteiger charge is 2.17. The number of nitrogens with one attached hydrogen (secondary N) is 2. The van der Waals surface area contributed by atoms with Gasteiger partial charge in [0.2, 0.25) is 0 Å². The van der Waals surface area contributed by atoms with Gasteiger partial charge in [-0.1, -0.05) is 60.7 Å². The first-order valence-corrected chi connectivity index (χ1v) is 9.97. The van der Waals surface area contributed by atoms with Gasteiger partial charge in [0.05, 0.1) is 6.04 Å². The van der Waals surface area contributed by atoms with E-state index in [1.807, 2.05) is 48.5 Å². The van der Waals surface area contributed by atoms with Crippen molar-refractivity contribution >= 4 is 28.8 Å². The summed E-state index contributed by atoms with van der Waals surface area (Å²) in [4.78, 5) is 20.1. The van der Waals surface area contributed by atoms with E-state index in [4.69, 9.17) is 5.73 Å². The molecule has 1 aromatic heterocycles. The summed E-state index contributed by atoms with van der Waals surface area (Å²) in [5.74, 6) is 1.05. The summed E-state index contributed by atoms with van der Waals surface area (Å²) < 4.78 is 0. The van der Waals surface area contributed by atoms with Crippen molar-refractivity contribution in [1.29, 1.82) is 0 Å². The van der Waals surface area contributed by atoms with Crippen molar-refractivity contribution in [2.45, 2.75) is 13.0 Å². The summed E-state index contributed by atoms with van der Waals surface area (Å²) in [6.07, 6.45) is 1.47. The lowest BCUT2D eigenvalue weighted by molar-refractivity contribution is 0.101. The summed E-state index contributed by atoms with van der Waals surface area (Å²) in [6, 6.07) is 27.3. The second kappa shape index (κ2) is 9.09. The average Bonchev–Trinajstić information content (AvgIpc) is 2.81. The Kier molecular flexibility index (Phi) is 5.89. The number of aromatic nitrogens is 2. The highest BCUT2D eigenvalue weighted by Crippen LogP contribution is 2.31. The topological polar surface area (TPSA) is 92.9 Å². The molecule has 4 N–H and O–H groups in total. The van der Waals surface area contributed by atoms with Crippen LogP contribution in [0.4, 0.5) is 23.0 Å². The second-order valence-electron chi connectivity index (χ2n) is 7.14. The maximum Gasteiger partial charge on any atom is 0.159 e. The smallest absolute Gasteiger partial charge is 0.159 e. The highest BCUT2D eigenvalue weighted by atomic mass is 16.1. The minimum absolute atomic E-state index is 0.0208. The second-order valence-corrected chi connectivity index (χ2v) is 7.14. The lowest BCUT2D eigenvalue weighted by Crippen LogP contribution is -2.15. The van der Waals surface area contributed by atoms with E-state index in [0.29, 0.717) is 22.9 Å². The fourth-order valence-corrected chi connectivity index (χ4v) is 3.32. The molecule has 1 heterocycles. The SMILES string of the molecule is CC(=O)c1ccc(Nc2ncnc(NC(c3ccccc3)c3ccccc3)c2N)cc1. The Balaban J connectivity index is 1.62. The molecular formula is C25H23N5O. The zero-order chi connectivity index (χ0) is 21.6. The molecule has 0 saturated heterocycles. The maximum atomic E-state index is 11.5. The van der Waals surface area contributed by atoms with E-state index in [-0.39, 0.29) is 11.8 Å². The Morgan fingerprint density at radius 2 is 1.35 bits per heavy atom. The number of carbonyl (C=O) groups excluding carboxylic acids is 1. The van der Waals surface area contributed by atoms with E-state index in [9.17, 15) is 4.79 Å². The molecule has 0 atom stereocenters. The van der Waals surface area contributed by atoms with Crippen LogP contribution in [0.2, 0.25) is 0 Å². The van der Waals surface area contributed by atoms with Crippen molar-refractivity contribution in [3.05, 3.63) is 108 Å². The van der Waals surface area contributed by atoms with Gasteiger partial charge in [-0.25, -0.2) is 9.97 Å². The van der Waals surface area contributed by atoms with E-state index < -0.39 is 0 Å².